The molecular formula is C18H19N5O3. The largest absolute Gasteiger partial charge is 0.339 e. The van der Waals surface area contributed by atoms with E-state index in [1.54, 1.807) is 31.2 Å². The fourth-order valence-corrected chi connectivity index (χ4v) is 2.70. The average molecular weight is 353 g/mol. The second-order valence-electron chi connectivity index (χ2n) is 7.40. The predicted octanol–water partition coefficient (Wildman–Crippen LogP) is 2.21. The van der Waals surface area contributed by atoms with Gasteiger partial charge in [0.15, 0.2) is 5.82 Å². The maximum Gasteiger partial charge on any atom is 0.325 e. The highest BCUT2D eigenvalue weighted by molar-refractivity contribution is 6.07. The van der Waals surface area contributed by atoms with E-state index in [4.69, 9.17) is 9.78 Å². The van der Waals surface area contributed by atoms with Crippen molar-refractivity contribution in [3.63, 3.8) is 0 Å². The summed E-state index contributed by atoms with van der Waals surface area (Å²) in [5.41, 5.74) is -0.618. The Bertz CT molecular complexity index is 921. The lowest BCUT2D eigenvalue weighted by Gasteiger charge is -2.22. The number of hydrogen-bond donors (Lipinski definition) is 1. The number of hydrogen-bond acceptors (Lipinski definition) is 6. The van der Waals surface area contributed by atoms with Gasteiger partial charge in [-0.05, 0) is 24.6 Å². The summed E-state index contributed by atoms with van der Waals surface area (Å²) in [5, 5.41) is 15.6. The molecule has 1 fully saturated rings. The predicted molar refractivity (Wildman–Crippen MR) is 90.6 cm³/mol. The second-order valence-corrected chi connectivity index (χ2v) is 7.40. The molecule has 8 heteroatoms. The smallest absolute Gasteiger partial charge is 0.325 e. The number of nitrogens with zero attached hydrogens (tertiary/aromatic N) is 4. The van der Waals surface area contributed by atoms with E-state index >= 15 is 0 Å². The van der Waals surface area contributed by atoms with Gasteiger partial charge >= 0.3 is 6.03 Å². The summed E-state index contributed by atoms with van der Waals surface area (Å²) in [7, 11) is 0. The van der Waals surface area contributed by atoms with Crippen molar-refractivity contribution < 1.29 is 14.1 Å². The summed E-state index contributed by atoms with van der Waals surface area (Å²) in [6.45, 7) is 7.31. The van der Waals surface area contributed by atoms with Crippen LogP contribution in [0.3, 0.4) is 0 Å². The molecule has 0 radical (unpaired) electrons. The Balaban J connectivity index is 1.87. The van der Waals surface area contributed by atoms with Gasteiger partial charge in [0.25, 0.3) is 5.91 Å². The SMILES string of the molecule is CC(C)(C)c1nc(CN2C(=O)N[C@](C)(c3cccc(C#N)c3)C2=O)no1. The number of carbonyl (C=O) groups is 2. The highest BCUT2D eigenvalue weighted by Gasteiger charge is 2.49. The van der Waals surface area contributed by atoms with Crippen LogP contribution in [0.1, 0.15) is 50.5 Å². The van der Waals surface area contributed by atoms with Crippen LogP contribution in [-0.4, -0.2) is 27.0 Å². The number of nitrogens with one attached hydrogen (secondary N) is 1. The summed E-state index contributed by atoms with van der Waals surface area (Å²) in [4.78, 5) is 30.6. The normalized spacial score (nSPS) is 20.2. The van der Waals surface area contributed by atoms with E-state index in [2.05, 4.69) is 15.5 Å². The molecule has 0 bridgehead atoms. The van der Waals surface area contributed by atoms with Gasteiger partial charge in [-0.2, -0.15) is 10.2 Å². The van der Waals surface area contributed by atoms with Crippen molar-refractivity contribution in [2.45, 2.75) is 45.2 Å². The third-order valence-electron chi connectivity index (χ3n) is 4.25. The van der Waals surface area contributed by atoms with E-state index in [9.17, 15) is 9.59 Å². The van der Waals surface area contributed by atoms with Gasteiger partial charge in [0.1, 0.15) is 5.54 Å². The summed E-state index contributed by atoms with van der Waals surface area (Å²) in [5.74, 6) is 0.261. The third-order valence-corrected chi connectivity index (χ3v) is 4.25. The van der Waals surface area contributed by atoms with Crippen molar-refractivity contribution in [1.29, 1.82) is 5.26 Å². The van der Waals surface area contributed by atoms with Crippen molar-refractivity contribution in [2.75, 3.05) is 0 Å². The molecule has 0 aliphatic carbocycles. The minimum absolute atomic E-state index is 0.0855. The Hall–Kier alpha value is -3.21. The minimum Gasteiger partial charge on any atom is -0.339 e. The molecule has 1 saturated heterocycles. The molecule has 2 heterocycles. The van der Waals surface area contributed by atoms with Crippen molar-refractivity contribution >= 4 is 11.9 Å². The molecular weight excluding hydrogens is 334 g/mol. The first-order chi connectivity index (χ1) is 12.1. The van der Waals surface area contributed by atoms with E-state index in [-0.39, 0.29) is 17.8 Å². The Morgan fingerprint density at radius 3 is 2.69 bits per heavy atom. The Morgan fingerprint density at radius 2 is 2.08 bits per heavy atom. The van der Waals surface area contributed by atoms with Crippen LogP contribution < -0.4 is 5.32 Å². The molecule has 0 saturated carbocycles. The van der Waals surface area contributed by atoms with Crippen LogP contribution in [0.15, 0.2) is 28.8 Å². The maximum absolute atomic E-state index is 12.9. The third kappa shape index (κ3) is 2.92. The zero-order chi connectivity index (χ0) is 19.1. The van der Waals surface area contributed by atoms with Gasteiger partial charge in [0.2, 0.25) is 5.89 Å². The van der Waals surface area contributed by atoms with Gasteiger partial charge in [-0.15, -0.1) is 0 Å². The van der Waals surface area contributed by atoms with Gasteiger partial charge < -0.3 is 9.84 Å². The van der Waals surface area contributed by atoms with Gasteiger partial charge in [0.05, 0.1) is 18.2 Å². The van der Waals surface area contributed by atoms with E-state index < -0.39 is 17.5 Å². The molecule has 1 aromatic carbocycles. The number of nitriles is 1. The van der Waals surface area contributed by atoms with Crippen LogP contribution >= 0.6 is 0 Å². The summed E-state index contributed by atoms with van der Waals surface area (Å²) in [6, 6.07) is 8.10. The first-order valence-electron chi connectivity index (χ1n) is 8.13. The first kappa shape index (κ1) is 17.6. The highest BCUT2D eigenvalue weighted by Crippen LogP contribution is 2.30. The van der Waals surface area contributed by atoms with Crippen molar-refractivity contribution in [1.82, 2.24) is 20.4 Å². The summed E-state index contributed by atoms with van der Waals surface area (Å²) in [6.07, 6.45) is 0. The number of rotatable bonds is 3. The zero-order valence-corrected chi connectivity index (χ0v) is 15.0. The number of urea groups is 1. The zero-order valence-electron chi connectivity index (χ0n) is 15.0. The first-order valence-corrected chi connectivity index (χ1v) is 8.13. The molecule has 1 aromatic heterocycles. The topological polar surface area (TPSA) is 112 Å². The van der Waals surface area contributed by atoms with Crippen LogP contribution in [0.5, 0.6) is 0 Å². The van der Waals surface area contributed by atoms with Crippen LogP contribution in [0.2, 0.25) is 0 Å². The van der Waals surface area contributed by atoms with E-state index in [1.165, 1.54) is 0 Å². The van der Waals surface area contributed by atoms with Gasteiger partial charge in [-0.25, -0.2) is 4.79 Å². The van der Waals surface area contributed by atoms with E-state index in [1.807, 2.05) is 26.8 Å². The molecule has 8 nitrogen and oxygen atoms in total. The minimum atomic E-state index is -1.25. The van der Waals surface area contributed by atoms with Crippen LogP contribution in [0, 0.1) is 11.3 Å². The fourth-order valence-electron chi connectivity index (χ4n) is 2.70. The standard InChI is InChI=1S/C18H19N5O3/c1-17(2,3)14-20-13(22-26-14)10-23-15(24)18(4,21-16(23)25)12-7-5-6-11(8-12)9-19/h5-8H,10H2,1-4H3,(H,21,25)/t18-/m1/s1. The monoisotopic (exact) mass is 353 g/mol. The lowest BCUT2D eigenvalue weighted by Crippen LogP contribution is -2.40. The number of imide groups is 1. The number of amides is 3. The average Bonchev–Trinajstić information content (AvgIpc) is 3.15. The molecule has 1 atom stereocenters. The van der Waals surface area contributed by atoms with Crippen molar-refractivity contribution in [3.8, 4) is 6.07 Å². The Morgan fingerprint density at radius 1 is 1.35 bits per heavy atom. The molecule has 1 aliphatic rings. The molecule has 26 heavy (non-hydrogen) atoms. The number of aromatic nitrogens is 2. The summed E-state index contributed by atoms with van der Waals surface area (Å²) >= 11 is 0. The van der Waals surface area contributed by atoms with E-state index in [0.717, 1.165) is 4.90 Å². The van der Waals surface area contributed by atoms with Gasteiger partial charge in [0, 0.05) is 5.41 Å². The second kappa shape index (κ2) is 5.95. The summed E-state index contributed by atoms with van der Waals surface area (Å²) < 4.78 is 5.21. The van der Waals surface area contributed by atoms with E-state index in [0.29, 0.717) is 17.0 Å². The Labute approximate surface area is 150 Å². The Kier molecular flexibility index (Phi) is 4.03. The molecule has 0 unspecified atom stereocenters. The quantitative estimate of drug-likeness (QED) is 0.847. The molecule has 1 aliphatic heterocycles. The van der Waals surface area contributed by atoms with Crippen molar-refractivity contribution in [3.05, 3.63) is 47.1 Å². The molecule has 2 aromatic rings. The maximum atomic E-state index is 12.9. The highest BCUT2D eigenvalue weighted by atomic mass is 16.5. The van der Waals surface area contributed by atoms with Crippen LogP contribution in [0.4, 0.5) is 4.79 Å². The molecule has 134 valence electrons. The molecule has 3 rings (SSSR count). The van der Waals surface area contributed by atoms with Gasteiger partial charge in [-0.1, -0.05) is 38.1 Å². The molecule has 3 amide bonds. The van der Waals surface area contributed by atoms with Crippen molar-refractivity contribution in [2.24, 2.45) is 0 Å². The van der Waals surface area contributed by atoms with Crippen LogP contribution in [0.25, 0.3) is 0 Å². The molecule has 0 spiro atoms. The number of carbonyl (C=O) groups excluding carboxylic acids is 2. The lowest BCUT2D eigenvalue weighted by atomic mass is 9.91. The van der Waals surface area contributed by atoms with Gasteiger partial charge in [-0.3, -0.25) is 9.69 Å². The molecule has 1 N–H and O–H groups in total. The fraction of sp³-hybridized carbons (Fsp3) is 0.389. The van der Waals surface area contributed by atoms with Crippen LogP contribution in [-0.2, 0) is 22.3 Å². The number of benzene rings is 1. The lowest BCUT2D eigenvalue weighted by molar-refractivity contribution is -0.131.